The monoisotopic (exact) mass is 187 g/mol. The van der Waals surface area contributed by atoms with Crippen LogP contribution in [-0.4, -0.2) is 17.0 Å². The van der Waals surface area contributed by atoms with Gasteiger partial charge in [0, 0.05) is 7.05 Å². The first-order chi connectivity index (χ1) is 5.52. The maximum Gasteiger partial charge on any atom is 0.170 e. The van der Waals surface area contributed by atoms with Crippen molar-refractivity contribution < 1.29 is 0 Å². The van der Waals surface area contributed by atoms with E-state index < -0.39 is 0 Å². The molecule has 0 amide bonds. The summed E-state index contributed by atoms with van der Waals surface area (Å²) in [4.78, 5) is 7.88. The first-order valence-corrected chi connectivity index (χ1v) is 3.68. The number of hydrazine groups is 1. The van der Waals surface area contributed by atoms with Crippen LogP contribution in [0.1, 0.15) is 5.82 Å². The summed E-state index contributed by atoms with van der Waals surface area (Å²) in [5.41, 5.74) is 5.87. The Balaban J connectivity index is 3.28. The van der Waals surface area contributed by atoms with Crippen LogP contribution in [0.3, 0.4) is 0 Å². The lowest BCUT2D eigenvalue weighted by Gasteiger charge is -2.13. The molecule has 0 aromatic carbocycles. The predicted octanol–water partition coefficient (Wildman–Crippen LogP) is 0.331. The molecule has 0 fully saturated rings. The average Bonchev–Trinajstić information content (AvgIpc) is 1.96. The van der Waals surface area contributed by atoms with E-state index in [1.54, 1.807) is 14.0 Å². The molecule has 1 heterocycles. The lowest BCUT2D eigenvalue weighted by molar-refractivity contribution is 0.942. The van der Waals surface area contributed by atoms with Crippen LogP contribution in [0.2, 0.25) is 5.15 Å². The van der Waals surface area contributed by atoms with Gasteiger partial charge in [-0.25, -0.2) is 15.8 Å². The highest BCUT2D eigenvalue weighted by Crippen LogP contribution is 2.24. The van der Waals surface area contributed by atoms with Crippen LogP contribution in [0.15, 0.2) is 0 Å². The van der Waals surface area contributed by atoms with Gasteiger partial charge in [-0.2, -0.15) is 0 Å². The van der Waals surface area contributed by atoms with Gasteiger partial charge in [0.2, 0.25) is 0 Å². The molecule has 4 N–H and O–H groups in total. The van der Waals surface area contributed by atoms with Crippen molar-refractivity contribution in [2.24, 2.45) is 5.84 Å². The van der Waals surface area contributed by atoms with E-state index in [1.165, 1.54) is 5.01 Å². The Morgan fingerprint density at radius 1 is 1.42 bits per heavy atom. The molecule has 66 valence electrons. The van der Waals surface area contributed by atoms with E-state index in [2.05, 4.69) is 9.97 Å². The fraction of sp³-hybridized carbons (Fsp3) is 0.333. The van der Waals surface area contributed by atoms with Crippen molar-refractivity contribution in [3.63, 3.8) is 0 Å². The number of aromatic nitrogens is 2. The van der Waals surface area contributed by atoms with Crippen molar-refractivity contribution in [2.75, 3.05) is 17.8 Å². The molecular formula is C6H10ClN5. The second kappa shape index (κ2) is 3.12. The Hall–Kier alpha value is -1.07. The van der Waals surface area contributed by atoms with Crippen LogP contribution in [0.5, 0.6) is 0 Å². The Bertz CT molecular complexity index is 298. The molecular weight excluding hydrogens is 178 g/mol. The van der Waals surface area contributed by atoms with Gasteiger partial charge < -0.3 is 5.73 Å². The summed E-state index contributed by atoms with van der Waals surface area (Å²) < 4.78 is 0. The van der Waals surface area contributed by atoms with Crippen LogP contribution in [0.25, 0.3) is 0 Å². The van der Waals surface area contributed by atoms with Gasteiger partial charge in [-0.15, -0.1) is 0 Å². The molecule has 0 unspecified atom stereocenters. The number of halogens is 1. The van der Waals surface area contributed by atoms with E-state index >= 15 is 0 Å². The molecule has 5 nitrogen and oxygen atoms in total. The van der Waals surface area contributed by atoms with Crippen LogP contribution in [-0.2, 0) is 0 Å². The number of nitrogen functional groups attached to an aromatic ring is 1. The Morgan fingerprint density at radius 3 is 2.50 bits per heavy atom. The van der Waals surface area contributed by atoms with Crippen LogP contribution < -0.4 is 16.6 Å². The fourth-order valence-corrected chi connectivity index (χ4v) is 1.01. The second-order valence-corrected chi connectivity index (χ2v) is 2.77. The molecule has 12 heavy (non-hydrogen) atoms. The van der Waals surface area contributed by atoms with E-state index in [1.807, 2.05) is 0 Å². The van der Waals surface area contributed by atoms with E-state index in [9.17, 15) is 0 Å². The van der Waals surface area contributed by atoms with Gasteiger partial charge in [-0.3, -0.25) is 5.01 Å². The SMILES string of the molecule is Cc1nc(Cl)c(N)c(N(C)N)n1. The highest BCUT2D eigenvalue weighted by atomic mass is 35.5. The lowest BCUT2D eigenvalue weighted by Crippen LogP contribution is -2.27. The summed E-state index contributed by atoms with van der Waals surface area (Å²) in [6, 6.07) is 0. The zero-order chi connectivity index (χ0) is 9.30. The molecule has 0 aliphatic heterocycles. The molecule has 0 saturated carbocycles. The molecule has 0 aliphatic rings. The van der Waals surface area contributed by atoms with Gasteiger partial charge in [0.15, 0.2) is 11.0 Å². The number of nitrogens with zero attached hydrogens (tertiary/aromatic N) is 3. The smallest absolute Gasteiger partial charge is 0.170 e. The van der Waals surface area contributed by atoms with Crippen molar-refractivity contribution in [2.45, 2.75) is 6.92 Å². The molecule has 0 saturated heterocycles. The van der Waals surface area contributed by atoms with E-state index in [4.69, 9.17) is 23.2 Å². The average molecular weight is 188 g/mol. The quantitative estimate of drug-likeness (QED) is 0.376. The molecule has 1 aromatic heterocycles. The molecule has 0 aliphatic carbocycles. The van der Waals surface area contributed by atoms with Gasteiger partial charge in [0.1, 0.15) is 11.5 Å². The van der Waals surface area contributed by atoms with Crippen molar-refractivity contribution in [1.82, 2.24) is 9.97 Å². The first kappa shape index (κ1) is 9.02. The van der Waals surface area contributed by atoms with Crippen molar-refractivity contribution >= 4 is 23.1 Å². The lowest BCUT2D eigenvalue weighted by atomic mass is 10.4. The van der Waals surface area contributed by atoms with Gasteiger partial charge in [0.05, 0.1) is 0 Å². The minimum atomic E-state index is 0.231. The Morgan fingerprint density at radius 2 is 2.00 bits per heavy atom. The van der Waals surface area contributed by atoms with Gasteiger partial charge in [0.25, 0.3) is 0 Å². The Labute approximate surface area is 75.3 Å². The highest BCUT2D eigenvalue weighted by molar-refractivity contribution is 6.32. The van der Waals surface area contributed by atoms with E-state index in [0.29, 0.717) is 17.3 Å². The molecule has 0 spiro atoms. The number of aryl methyl sites for hydroxylation is 1. The number of rotatable bonds is 1. The van der Waals surface area contributed by atoms with Gasteiger partial charge >= 0.3 is 0 Å². The van der Waals surface area contributed by atoms with Crippen LogP contribution in [0, 0.1) is 6.92 Å². The predicted molar refractivity (Wildman–Crippen MR) is 48.8 cm³/mol. The summed E-state index contributed by atoms with van der Waals surface area (Å²) in [5.74, 6) is 6.44. The summed E-state index contributed by atoms with van der Waals surface area (Å²) in [5, 5.41) is 1.53. The summed E-state index contributed by atoms with van der Waals surface area (Å²) in [6.07, 6.45) is 0. The third kappa shape index (κ3) is 1.57. The maximum absolute atomic E-state index is 5.70. The minimum absolute atomic E-state index is 0.231. The molecule has 1 rings (SSSR count). The Kier molecular flexibility index (Phi) is 2.35. The number of anilines is 2. The van der Waals surface area contributed by atoms with Crippen LogP contribution >= 0.6 is 11.6 Å². The van der Waals surface area contributed by atoms with Crippen molar-refractivity contribution in [3.8, 4) is 0 Å². The second-order valence-electron chi connectivity index (χ2n) is 2.41. The molecule has 0 atom stereocenters. The van der Waals surface area contributed by atoms with Gasteiger partial charge in [-0.05, 0) is 6.92 Å². The topological polar surface area (TPSA) is 81.1 Å². The molecule has 6 heteroatoms. The molecule has 1 aromatic rings. The largest absolute Gasteiger partial charge is 0.393 e. The number of hydrogen-bond acceptors (Lipinski definition) is 5. The normalized spacial score (nSPS) is 10.0. The zero-order valence-electron chi connectivity index (χ0n) is 6.87. The van der Waals surface area contributed by atoms with Crippen LogP contribution in [0.4, 0.5) is 11.5 Å². The maximum atomic E-state index is 5.70. The summed E-state index contributed by atoms with van der Waals surface area (Å²) >= 11 is 5.70. The molecule has 0 bridgehead atoms. The minimum Gasteiger partial charge on any atom is -0.393 e. The van der Waals surface area contributed by atoms with E-state index in [0.717, 1.165) is 0 Å². The highest BCUT2D eigenvalue weighted by Gasteiger charge is 2.09. The fourth-order valence-electron chi connectivity index (χ4n) is 0.802. The van der Waals surface area contributed by atoms with E-state index in [-0.39, 0.29) is 5.15 Å². The standard InChI is InChI=1S/C6H10ClN5/c1-3-10-5(7)4(8)6(11-3)12(2)9/h8-9H2,1-2H3. The summed E-state index contributed by atoms with van der Waals surface area (Å²) in [7, 11) is 1.63. The third-order valence-electron chi connectivity index (χ3n) is 1.32. The number of hydrogen-bond donors (Lipinski definition) is 2. The van der Waals surface area contributed by atoms with Gasteiger partial charge in [-0.1, -0.05) is 11.6 Å². The third-order valence-corrected chi connectivity index (χ3v) is 1.61. The van der Waals surface area contributed by atoms with Crippen molar-refractivity contribution in [3.05, 3.63) is 11.0 Å². The summed E-state index contributed by atoms with van der Waals surface area (Å²) in [6.45, 7) is 1.72. The zero-order valence-corrected chi connectivity index (χ0v) is 7.63. The number of nitrogens with two attached hydrogens (primary N) is 2. The molecule has 0 radical (unpaired) electrons. The first-order valence-electron chi connectivity index (χ1n) is 3.30. The van der Waals surface area contributed by atoms with Crippen molar-refractivity contribution in [1.29, 1.82) is 0 Å².